The third kappa shape index (κ3) is 2.99. The minimum atomic E-state index is -0.407. The Morgan fingerprint density at radius 1 is 1.26 bits per heavy atom. The molecule has 0 spiro atoms. The third-order valence-corrected chi connectivity index (χ3v) is 3.11. The molecule has 0 saturated heterocycles. The Morgan fingerprint density at radius 2 is 2.00 bits per heavy atom. The first-order valence-corrected chi connectivity index (χ1v) is 6.35. The Bertz CT molecular complexity index is 606. The molecule has 0 radical (unpaired) electrons. The smallest absolute Gasteiger partial charge is 0.248 e. The zero-order chi connectivity index (χ0) is 14.0. The van der Waals surface area contributed by atoms with E-state index < -0.39 is 5.91 Å². The summed E-state index contributed by atoms with van der Waals surface area (Å²) in [5.74, 6) is -0.0700. The van der Waals surface area contributed by atoms with Crippen molar-refractivity contribution in [2.45, 2.75) is 26.7 Å². The average Bonchev–Trinajstić information content (AvgIpc) is 2.39. The zero-order valence-corrected chi connectivity index (χ0v) is 11.5. The molecular weight excluding hydrogens is 236 g/mol. The Balaban J connectivity index is 0.00000200. The highest BCUT2D eigenvalue weighted by Crippen LogP contribution is 2.25. The molecule has 100 valence electrons. The van der Waals surface area contributed by atoms with Gasteiger partial charge in [0, 0.05) is 18.8 Å². The van der Waals surface area contributed by atoms with Crippen LogP contribution in [0.3, 0.4) is 0 Å². The van der Waals surface area contributed by atoms with Crippen molar-refractivity contribution in [1.29, 1.82) is 0 Å². The quantitative estimate of drug-likeness (QED) is 0.913. The van der Waals surface area contributed by atoms with Gasteiger partial charge in [-0.25, -0.2) is 0 Å². The van der Waals surface area contributed by atoms with Crippen LogP contribution in [-0.4, -0.2) is 10.9 Å². The number of benzene rings is 1. The Labute approximate surface area is 115 Å². The summed E-state index contributed by atoms with van der Waals surface area (Å²) in [6, 6.07) is 9.68. The lowest BCUT2D eigenvalue weighted by Crippen LogP contribution is -2.11. The van der Waals surface area contributed by atoms with Crippen LogP contribution in [-0.2, 0) is 0 Å². The number of primary amides is 1. The molecule has 1 amide bonds. The van der Waals surface area contributed by atoms with E-state index in [4.69, 9.17) is 5.73 Å². The van der Waals surface area contributed by atoms with E-state index in [0.717, 1.165) is 22.4 Å². The normalized spacial score (nSPS) is 10.7. The van der Waals surface area contributed by atoms with E-state index in [1.54, 1.807) is 6.07 Å². The van der Waals surface area contributed by atoms with Crippen LogP contribution >= 0.6 is 0 Å². The second-order valence-electron chi connectivity index (χ2n) is 5.08. The van der Waals surface area contributed by atoms with Gasteiger partial charge in [0.15, 0.2) is 0 Å². The van der Waals surface area contributed by atoms with Crippen molar-refractivity contribution in [3.8, 4) is 11.3 Å². The SMILES string of the molecule is Cc1ccc(-c2cc(C(N)=O)cc(C(C)C)c2)nc1.[HH]. The highest BCUT2D eigenvalue weighted by Gasteiger charge is 2.09. The molecule has 3 heteroatoms. The summed E-state index contributed by atoms with van der Waals surface area (Å²) in [6.07, 6.45) is 1.82. The summed E-state index contributed by atoms with van der Waals surface area (Å²) in [4.78, 5) is 15.8. The summed E-state index contributed by atoms with van der Waals surface area (Å²) in [7, 11) is 0. The molecule has 0 aliphatic rings. The topological polar surface area (TPSA) is 56.0 Å². The van der Waals surface area contributed by atoms with Crippen LogP contribution in [0.1, 0.15) is 42.7 Å². The van der Waals surface area contributed by atoms with Crippen molar-refractivity contribution >= 4 is 5.91 Å². The average molecular weight is 256 g/mol. The van der Waals surface area contributed by atoms with Gasteiger partial charge >= 0.3 is 0 Å². The fourth-order valence-corrected chi connectivity index (χ4v) is 1.91. The second kappa shape index (κ2) is 5.22. The van der Waals surface area contributed by atoms with Crippen LogP contribution < -0.4 is 5.73 Å². The molecule has 1 heterocycles. The van der Waals surface area contributed by atoms with E-state index in [1.807, 2.05) is 31.3 Å². The van der Waals surface area contributed by atoms with Gasteiger partial charge in [0.2, 0.25) is 5.91 Å². The van der Waals surface area contributed by atoms with Gasteiger partial charge in [0.1, 0.15) is 0 Å². The standard InChI is InChI=1S/C16H18N2O.H2/c1-10(2)12-6-13(8-14(7-12)16(17)19)15-5-4-11(3)9-18-15;/h4-10H,1-3H3,(H2,17,19);1H. The zero-order valence-electron chi connectivity index (χ0n) is 11.5. The highest BCUT2D eigenvalue weighted by molar-refractivity contribution is 5.94. The molecule has 3 nitrogen and oxygen atoms in total. The number of nitrogens with two attached hydrogens (primary N) is 1. The van der Waals surface area contributed by atoms with E-state index in [2.05, 4.69) is 24.9 Å². The third-order valence-electron chi connectivity index (χ3n) is 3.11. The van der Waals surface area contributed by atoms with Crippen LogP contribution in [0.2, 0.25) is 0 Å². The van der Waals surface area contributed by atoms with Crippen LogP contribution in [0, 0.1) is 6.92 Å². The predicted molar refractivity (Wildman–Crippen MR) is 79.1 cm³/mol. The molecule has 19 heavy (non-hydrogen) atoms. The van der Waals surface area contributed by atoms with Crippen molar-refractivity contribution in [3.05, 3.63) is 53.2 Å². The van der Waals surface area contributed by atoms with E-state index in [0.29, 0.717) is 11.5 Å². The fourth-order valence-electron chi connectivity index (χ4n) is 1.91. The van der Waals surface area contributed by atoms with E-state index >= 15 is 0 Å². The minimum Gasteiger partial charge on any atom is -0.366 e. The van der Waals surface area contributed by atoms with Gasteiger partial charge in [-0.2, -0.15) is 0 Å². The van der Waals surface area contributed by atoms with E-state index in [-0.39, 0.29) is 1.43 Å². The van der Waals surface area contributed by atoms with Gasteiger partial charge in [-0.15, -0.1) is 0 Å². The molecule has 1 aromatic heterocycles. The Kier molecular flexibility index (Phi) is 3.65. The number of pyridine rings is 1. The lowest BCUT2D eigenvalue weighted by molar-refractivity contribution is 0.1000. The van der Waals surface area contributed by atoms with Gasteiger partial charge in [-0.3, -0.25) is 9.78 Å². The summed E-state index contributed by atoms with van der Waals surface area (Å²) < 4.78 is 0. The number of aryl methyl sites for hydroxylation is 1. The molecule has 0 saturated carbocycles. The van der Waals surface area contributed by atoms with Crippen molar-refractivity contribution in [2.75, 3.05) is 0 Å². The second-order valence-corrected chi connectivity index (χ2v) is 5.08. The molecule has 1 aromatic carbocycles. The largest absolute Gasteiger partial charge is 0.366 e. The maximum absolute atomic E-state index is 11.4. The Morgan fingerprint density at radius 3 is 2.53 bits per heavy atom. The maximum atomic E-state index is 11.4. The van der Waals surface area contributed by atoms with Gasteiger partial charge < -0.3 is 5.73 Å². The predicted octanol–water partition coefficient (Wildman–Crippen LogP) is 3.53. The molecule has 2 N–H and O–H groups in total. The lowest BCUT2D eigenvalue weighted by atomic mass is 9.96. The number of carbonyl (C=O) groups excluding carboxylic acids is 1. The molecule has 0 bridgehead atoms. The summed E-state index contributed by atoms with van der Waals surface area (Å²) in [5, 5.41) is 0. The summed E-state index contributed by atoms with van der Waals surface area (Å²) in [6.45, 7) is 6.18. The molecular formula is C16H20N2O. The van der Waals surface area contributed by atoms with Crippen LogP contribution in [0.4, 0.5) is 0 Å². The number of hydrogen-bond donors (Lipinski definition) is 1. The van der Waals surface area contributed by atoms with Crippen molar-refractivity contribution in [1.82, 2.24) is 4.98 Å². The lowest BCUT2D eigenvalue weighted by Gasteiger charge is -2.10. The number of carbonyl (C=O) groups is 1. The van der Waals surface area contributed by atoms with Crippen LogP contribution in [0.5, 0.6) is 0 Å². The first kappa shape index (κ1) is 13.3. The highest BCUT2D eigenvalue weighted by atomic mass is 16.1. The van der Waals surface area contributed by atoms with Crippen molar-refractivity contribution in [2.24, 2.45) is 5.73 Å². The number of amides is 1. The summed E-state index contributed by atoms with van der Waals surface area (Å²) >= 11 is 0. The molecule has 0 atom stereocenters. The van der Waals surface area contributed by atoms with E-state index in [9.17, 15) is 4.79 Å². The van der Waals surface area contributed by atoms with Gasteiger partial charge in [-0.1, -0.05) is 19.9 Å². The summed E-state index contributed by atoms with van der Waals surface area (Å²) in [5.41, 5.74) is 9.91. The maximum Gasteiger partial charge on any atom is 0.248 e. The van der Waals surface area contributed by atoms with Crippen molar-refractivity contribution < 1.29 is 6.22 Å². The molecule has 2 rings (SSSR count). The Hall–Kier alpha value is -2.16. The van der Waals surface area contributed by atoms with Crippen LogP contribution in [0.25, 0.3) is 11.3 Å². The molecule has 0 aliphatic carbocycles. The van der Waals surface area contributed by atoms with Gasteiger partial charge in [-0.05, 0) is 48.2 Å². The monoisotopic (exact) mass is 256 g/mol. The molecule has 0 aliphatic heterocycles. The number of rotatable bonds is 3. The van der Waals surface area contributed by atoms with Crippen LogP contribution in [0.15, 0.2) is 36.5 Å². The van der Waals surface area contributed by atoms with E-state index in [1.165, 1.54) is 0 Å². The first-order chi connectivity index (χ1) is 8.97. The molecule has 0 unspecified atom stereocenters. The fraction of sp³-hybridized carbons (Fsp3) is 0.250. The van der Waals surface area contributed by atoms with Gasteiger partial charge in [0.05, 0.1) is 5.69 Å². The van der Waals surface area contributed by atoms with Gasteiger partial charge in [0.25, 0.3) is 0 Å². The number of nitrogens with zero attached hydrogens (tertiary/aromatic N) is 1. The number of aromatic nitrogens is 1. The van der Waals surface area contributed by atoms with Crippen molar-refractivity contribution in [3.63, 3.8) is 0 Å². The minimum absolute atomic E-state index is 0. The first-order valence-electron chi connectivity index (χ1n) is 6.35. The number of hydrogen-bond acceptors (Lipinski definition) is 2. The molecule has 0 fully saturated rings. The molecule has 2 aromatic rings.